The van der Waals surface area contributed by atoms with Gasteiger partial charge in [0.25, 0.3) is 0 Å². The Hall–Kier alpha value is -0.580. The van der Waals surface area contributed by atoms with Crippen molar-refractivity contribution in [3.63, 3.8) is 0 Å². The van der Waals surface area contributed by atoms with Gasteiger partial charge in [0, 0.05) is 6.20 Å². The van der Waals surface area contributed by atoms with Gasteiger partial charge in [-0.05, 0) is 12.1 Å². The first-order chi connectivity index (χ1) is 5.54. The van der Waals surface area contributed by atoms with Crippen LogP contribution in [0.15, 0.2) is 18.3 Å². The first kappa shape index (κ1) is 9.51. The third-order valence-electron chi connectivity index (χ3n) is 1.22. The van der Waals surface area contributed by atoms with Crippen molar-refractivity contribution in [3.8, 4) is 0 Å². The second kappa shape index (κ2) is 3.43. The number of pyridine rings is 1. The van der Waals surface area contributed by atoms with Crippen LogP contribution in [-0.4, -0.2) is 4.98 Å². The number of alkyl halides is 3. The zero-order chi connectivity index (χ0) is 9.19. The summed E-state index contributed by atoms with van der Waals surface area (Å²) in [7, 11) is 0. The summed E-state index contributed by atoms with van der Waals surface area (Å²) < 4.78 is 36.1. The summed E-state index contributed by atoms with van der Waals surface area (Å²) in [4.78, 5) is 3.67. The lowest BCUT2D eigenvalue weighted by Crippen LogP contribution is -2.05. The zero-order valence-electron chi connectivity index (χ0n) is 5.77. The van der Waals surface area contributed by atoms with E-state index in [9.17, 15) is 13.2 Å². The van der Waals surface area contributed by atoms with Gasteiger partial charge in [0.15, 0.2) is 0 Å². The van der Waals surface area contributed by atoms with Gasteiger partial charge < -0.3 is 0 Å². The van der Waals surface area contributed by atoms with Gasteiger partial charge in [-0.2, -0.15) is 13.2 Å². The second-order valence-electron chi connectivity index (χ2n) is 2.08. The minimum Gasteiger partial charge on any atom is -0.260 e. The van der Waals surface area contributed by atoms with E-state index in [1.807, 2.05) is 0 Å². The molecule has 1 radical (unpaired) electrons. The number of rotatable bonds is 1. The number of hydrogen-bond donors (Lipinski definition) is 0. The van der Waals surface area contributed by atoms with E-state index in [0.29, 0.717) is 0 Å². The standard InChI is InChI=1S/C7H4BrF3N/c8-4-6-3-5(1-2-12-6)7(9,10)11/h1-4H. The molecule has 0 aliphatic heterocycles. The lowest BCUT2D eigenvalue weighted by Gasteiger charge is -2.05. The fourth-order valence-corrected chi connectivity index (χ4v) is 0.935. The molecule has 0 atom stereocenters. The van der Waals surface area contributed by atoms with Crippen LogP contribution in [0.2, 0.25) is 0 Å². The maximum atomic E-state index is 12.0. The highest BCUT2D eigenvalue weighted by molar-refractivity contribution is 9.10. The molecule has 0 aromatic carbocycles. The first-order valence-electron chi connectivity index (χ1n) is 3.01. The van der Waals surface area contributed by atoms with Gasteiger partial charge in [0.1, 0.15) is 0 Å². The Morgan fingerprint density at radius 2 is 2.08 bits per heavy atom. The molecule has 0 bridgehead atoms. The topological polar surface area (TPSA) is 12.9 Å². The molecule has 0 saturated heterocycles. The summed E-state index contributed by atoms with van der Waals surface area (Å²) >= 11 is 2.90. The summed E-state index contributed by atoms with van der Waals surface area (Å²) in [6.45, 7) is 0. The maximum absolute atomic E-state index is 12.0. The van der Waals surface area contributed by atoms with Crippen molar-refractivity contribution >= 4 is 15.9 Å². The van der Waals surface area contributed by atoms with Crippen molar-refractivity contribution in [2.45, 2.75) is 6.18 Å². The fourth-order valence-electron chi connectivity index (χ4n) is 0.684. The summed E-state index contributed by atoms with van der Waals surface area (Å²) in [6, 6.07) is 1.90. The van der Waals surface area contributed by atoms with Crippen LogP contribution < -0.4 is 0 Å². The van der Waals surface area contributed by atoms with Gasteiger partial charge in [0.05, 0.1) is 16.6 Å². The minimum atomic E-state index is -4.30. The van der Waals surface area contributed by atoms with Crippen LogP contribution >= 0.6 is 15.9 Å². The third kappa shape index (κ3) is 2.20. The Morgan fingerprint density at radius 3 is 2.58 bits per heavy atom. The van der Waals surface area contributed by atoms with Crippen LogP contribution in [0.3, 0.4) is 0 Å². The molecule has 0 aliphatic rings. The van der Waals surface area contributed by atoms with E-state index in [1.165, 1.54) is 5.33 Å². The molecule has 0 amide bonds. The second-order valence-corrected chi connectivity index (χ2v) is 2.53. The smallest absolute Gasteiger partial charge is 0.260 e. The SMILES string of the molecule is FC(F)(F)c1ccnc([CH]Br)c1. The first-order valence-corrected chi connectivity index (χ1v) is 3.92. The number of halogens is 4. The highest BCUT2D eigenvalue weighted by Gasteiger charge is 2.30. The molecule has 1 rings (SSSR count). The van der Waals surface area contributed by atoms with E-state index >= 15 is 0 Å². The van der Waals surface area contributed by atoms with Crippen LogP contribution in [0, 0.1) is 5.33 Å². The van der Waals surface area contributed by atoms with Crippen LogP contribution in [0.1, 0.15) is 11.3 Å². The number of nitrogens with zero attached hydrogens (tertiary/aromatic N) is 1. The minimum absolute atomic E-state index is 0.254. The maximum Gasteiger partial charge on any atom is 0.416 e. The van der Waals surface area contributed by atoms with Gasteiger partial charge >= 0.3 is 6.18 Å². The predicted octanol–water partition coefficient (Wildman–Crippen LogP) is 3.01. The van der Waals surface area contributed by atoms with Crippen molar-refractivity contribution in [2.75, 3.05) is 0 Å². The quantitative estimate of drug-likeness (QED) is 0.733. The Labute approximate surface area is 75.7 Å². The van der Waals surface area contributed by atoms with Crippen molar-refractivity contribution in [3.05, 3.63) is 34.9 Å². The third-order valence-corrected chi connectivity index (χ3v) is 1.69. The number of aromatic nitrogens is 1. The molecule has 0 unspecified atom stereocenters. The average Bonchev–Trinajstić information content (AvgIpc) is 2.03. The van der Waals surface area contributed by atoms with Crippen molar-refractivity contribution in [1.29, 1.82) is 0 Å². The molecule has 0 fully saturated rings. The summed E-state index contributed by atoms with van der Waals surface area (Å²) in [5, 5.41) is 1.34. The van der Waals surface area contributed by atoms with Crippen molar-refractivity contribution in [2.24, 2.45) is 0 Å². The molecular weight excluding hydrogens is 235 g/mol. The van der Waals surface area contributed by atoms with E-state index in [0.717, 1.165) is 18.3 Å². The molecular formula is C7H4BrF3N. The molecule has 0 N–H and O–H groups in total. The molecule has 65 valence electrons. The summed E-state index contributed by atoms with van der Waals surface area (Å²) in [5.74, 6) is 0. The molecule has 0 aliphatic carbocycles. The summed E-state index contributed by atoms with van der Waals surface area (Å²) in [5.41, 5.74) is -0.437. The van der Waals surface area contributed by atoms with Crippen molar-refractivity contribution in [1.82, 2.24) is 4.98 Å². The van der Waals surface area contributed by atoms with E-state index < -0.39 is 11.7 Å². The van der Waals surface area contributed by atoms with Crippen LogP contribution in [0.25, 0.3) is 0 Å². The fraction of sp³-hybridized carbons (Fsp3) is 0.143. The molecule has 1 aromatic heterocycles. The van der Waals surface area contributed by atoms with E-state index in [-0.39, 0.29) is 5.69 Å². The normalized spacial score (nSPS) is 11.7. The molecule has 1 aromatic rings. The predicted molar refractivity (Wildman–Crippen MR) is 41.6 cm³/mol. The van der Waals surface area contributed by atoms with Gasteiger partial charge in [-0.15, -0.1) is 0 Å². The lowest BCUT2D eigenvalue weighted by molar-refractivity contribution is -0.137. The zero-order valence-corrected chi connectivity index (χ0v) is 7.35. The molecule has 12 heavy (non-hydrogen) atoms. The molecule has 1 nitrogen and oxygen atoms in total. The molecule has 5 heteroatoms. The van der Waals surface area contributed by atoms with Crippen LogP contribution in [0.4, 0.5) is 13.2 Å². The highest BCUT2D eigenvalue weighted by Crippen LogP contribution is 2.29. The van der Waals surface area contributed by atoms with E-state index in [2.05, 4.69) is 20.9 Å². The Balaban J connectivity index is 3.02. The van der Waals surface area contributed by atoms with Gasteiger partial charge in [0.2, 0.25) is 0 Å². The van der Waals surface area contributed by atoms with Gasteiger partial charge in [-0.3, -0.25) is 4.98 Å². The van der Waals surface area contributed by atoms with Crippen LogP contribution in [0.5, 0.6) is 0 Å². The summed E-state index contributed by atoms with van der Waals surface area (Å²) in [6.07, 6.45) is -3.18. The van der Waals surface area contributed by atoms with Crippen molar-refractivity contribution < 1.29 is 13.2 Å². The molecule has 0 saturated carbocycles. The van der Waals surface area contributed by atoms with Gasteiger partial charge in [-0.1, -0.05) is 15.9 Å². The lowest BCUT2D eigenvalue weighted by atomic mass is 10.2. The van der Waals surface area contributed by atoms with Gasteiger partial charge in [-0.25, -0.2) is 0 Å². The highest BCUT2D eigenvalue weighted by atomic mass is 79.9. The Morgan fingerprint density at radius 1 is 1.42 bits per heavy atom. The van der Waals surface area contributed by atoms with E-state index in [4.69, 9.17) is 0 Å². The number of hydrogen-bond acceptors (Lipinski definition) is 1. The Bertz CT molecular complexity index is 272. The van der Waals surface area contributed by atoms with Crippen LogP contribution in [-0.2, 0) is 6.18 Å². The molecule has 0 spiro atoms. The largest absolute Gasteiger partial charge is 0.416 e. The Kier molecular flexibility index (Phi) is 2.72. The monoisotopic (exact) mass is 238 g/mol. The average molecular weight is 239 g/mol. The molecule has 1 heterocycles. The van der Waals surface area contributed by atoms with E-state index in [1.54, 1.807) is 0 Å².